The number of hydrogen-bond acceptors (Lipinski definition) is 3. The van der Waals surface area contributed by atoms with Crippen LogP contribution in [0.2, 0.25) is 0 Å². The van der Waals surface area contributed by atoms with E-state index in [4.69, 9.17) is 5.84 Å². The Kier molecular flexibility index (Phi) is 7.49. The third-order valence-electron chi connectivity index (χ3n) is 3.32. The van der Waals surface area contributed by atoms with Crippen LogP contribution in [0.4, 0.5) is 0 Å². The lowest BCUT2D eigenvalue weighted by atomic mass is 10.00. The Bertz CT molecular complexity index is 296. The van der Waals surface area contributed by atoms with E-state index in [0.717, 1.165) is 6.42 Å². The number of aryl methyl sites for hydroxylation is 1. The first-order valence-corrected chi connectivity index (χ1v) is 7.72. The van der Waals surface area contributed by atoms with Gasteiger partial charge in [-0.2, -0.15) is 11.3 Å². The van der Waals surface area contributed by atoms with Crippen LogP contribution < -0.4 is 11.3 Å². The summed E-state index contributed by atoms with van der Waals surface area (Å²) >= 11 is 1.76. The van der Waals surface area contributed by atoms with Crippen molar-refractivity contribution in [1.82, 2.24) is 5.43 Å². The first-order chi connectivity index (χ1) is 8.29. The third-order valence-corrected chi connectivity index (χ3v) is 4.20. The Morgan fingerprint density at radius 2 is 1.88 bits per heavy atom. The molecule has 0 bridgehead atoms. The fourth-order valence-corrected chi connectivity index (χ4v) is 3.09. The Hall–Kier alpha value is -0.380. The first-order valence-electron chi connectivity index (χ1n) is 6.78. The topological polar surface area (TPSA) is 38.0 Å². The van der Waals surface area contributed by atoms with Gasteiger partial charge in [-0.1, -0.05) is 45.4 Å². The summed E-state index contributed by atoms with van der Waals surface area (Å²) in [6.07, 6.45) is 9.21. The van der Waals surface area contributed by atoms with Crippen molar-refractivity contribution in [2.75, 3.05) is 0 Å². The average Bonchev–Trinajstić information content (AvgIpc) is 2.75. The van der Waals surface area contributed by atoms with Crippen LogP contribution in [0.5, 0.6) is 0 Å². The molecule has 0 saturated carbocycles. The maximum absolute atomic E-state index is 5.65. The summed E-state index contributed by atoms with van der Waals surface area (Å²) in [5, 5.41) is 4.41. The van der Waals surface area contributed by atoms with Crippen molar-refractivity contribution < 1.29 is 0 Å². The van der Waals surface area contributed by atoms with Crippen molar-refractivity contribution in [3.63, 3.8) is 0 Å². The molecule has 0 aliphatic heterocycles. The molecule has 1 aromatic heterocycles. The number of thiophene rings is 1. The quantitative estimate of drug-likeness (QED) is 0.391. The molecule has 0 aliphatic carbocycles. The van der Waals surface area contributed by atoms with Gasteiger partial charge >= 0.3 is 0 Å². The van der Waals surface area contributed by atoms with E-state index in [1.165, 1.54) is 49.7 Å². The lowest BCUT2D eigenvalue weighted by Gasteiger charge is -2.15. The van der Waals surface area contributed by atoms with E-state index in [-0.39, 0.29) is 0 Å². The second-order valence-electron chi connectivity index (χ2n) is 4.79. The molecule has 0 radical (unpaired) electrons. The van der Waals surface area contributed by atoms with E-state index in [1.54, 1.807) is 11.3 Å². The lowest BCUT2D eigenvalue weighted by Crippen LogP contribution is -2.28. The van der Waals surface area contributed by atoms with Crippen LogP contribution in [0, 0.1) is 6.92 Å². The van der Waals surface area contributed by atoms with E-state index in [9.17, 15) is 0 Å². The molecule has 0 spiro atoms. The maximum Gasteiger partial charge on any atom is 0.0470 e. The van der Waals surface area contributed by atoms with E-state index >= 15 is 0 Å². The number of nitrogens with two attached hydrogens (primary N) is 1. The van der Waals surface area contributed by atoms with Gasteiger partial charge in [-0.25, -0.2) is 0 Å². The van der Waals surface area contributed by atoms with Crippen LogP contribution in [0.25, 0.3) is 0 Å². The highest BCUT2D eigenvalue weighted by atomic mass is 32.1. The monoisotopic (exact) mass is 254 g/mol. The van der Waals surface area contributed by atoms with Gasteiger partial charge in [-0.15, -0.1) is 0 Å². The minimum Gasteiger partial charge on any atom is -0.271 e. The Labute approximate surface area is 110 Å². The molecule has 0 fully saturated rings. The first kappa shape index (κ1) is 14.7. The zero-order chi connectivity index (χ0) is 12.5. The Morgan fingerprint density at radius 1 is 1.18 bits per heavy atom. The fourth-order valence-electron chi connectivity index (χ4n) is 2.18. The van der Waals surface area contributed by atoms with Gasteiger partial charge in [0.2, 0.25) is 0 Å². The summed E-state index contributed by atoms with van der Waals surface area (Å²) in [6.45, 7) is 4.42. The summed E-state index contributed by atoms with van der Waals surface area (Å²) < 4.78 is 0. The molecular formula is C14H26N2S. The molecule has 1 aromatic rings. The molecule has 1 rings (SSSR count). The summed E-state index contributed by atoms with van der Waals surface area (Å²) in [6, 6.07) is 0.340. The number of unbranched alkanes of at least 4 members (excludes halogenated alkanes) is 5. The van der Waals surface area contributed by atoms with Crippen LogP contribution in [-0.4, -0.2) is 0 Å². The highest BCUT2D eigenvalue weighted by Crippen LogP contribution is 2.25. The summed E-state index contributed by atoms with van der Waals surface area (Å²) in [5.74, 6) is 5.65. The molecule has 2 nitrogen and oxygen atoms in total. The van der Waals surface area contributed by atoms with Crippen molar-refractivity contribution in [3.8, 4) is 0 Å². The normalized spacial score (nSPS) is 12.9. The van der Waals surface area contributed by atoms with Gasteiger partial charge in [0, 0.05) is 6.04 Å². The van der Waals surface area contributed by atoms with Gasteiger partial charge in [0.25, 0.3) is 0 Å². The second kappa shape index (κ2) is 8.67. The van der Waals surface area contributed by atoms with Crippen LogP contribution in [0.15, 0.2) is 10.8 Å². The predicted molar refractivity (Wildman–Crippen MR) is 77.1 cm³/mol. The van der Waals surface area contributed by atoms with Crippen molar-refractivity contribution in [2.24, 2.45) is 5.84 Å². The molecular weight excluding hydrogens is 228 g/mol. The van der Waals surface area contributed by atoms with Crippen LogP contribution in [-0.2, 0) is 0 Å². The Balaban J connectivity index is 2.22. The number of hydrazine groups is 1. The van der Waals surface area contributed by atoms with Gasteiger partial charge in [0.1, 0.15) is 0 Å². The van der Waals surface area contributed by atoms with Crippen molar-refractivity contribution >= 4 is 11.3 Å². The fraction of sp³-hybridized carbons (Fsp3) is 0.714. The summed E-state index contributed by atoms with van der Waals surface area (Å²) in [5.41, 5.74) is 5.70. The van der Waals surface area contributed by atoms with Gasteiger partial charge < -0.3 is 0 Å². The molecule has 0 amide bonds. The average molecular weight is 254 g/mol. The molecule has 3 heteroatoms. The number of rotatable bonds is 9. The summed E-state index contributed by atoms with van der Waals surface area (Å²) in [4.78, 5) is 0. The Morgan fingerprint density at radius 3 is 2.47 bits per heavy atom. The zero-order valence-corrected chi connectivity index (χ0v) is 12.0. The maximum atomic E-state index is 5.65. The van der Waals surface area contributed by atoms with Crippen molar-refractivity contribution in [2.45, 2.75) is 64.8 Å². The molecule has 17 heavy (non-hydrogen) atoms. The molecule has 1 atom stereocenters. The van der Waals surface area contributed by atoms with Crippen LogP contribution in [0.3, 0.4) is 0 Å². The highest BCUT2D eigenvalue weighted by Gasteiger charge is 2.12. The standard InChI is InChI=1S/C14H26N2S/c1-3-4-5-6-7-8-9-14(16-15)13-11-17-10-12(13)2/h10-11,14,16H,3-9,15H2,1-2H3. The SMILES string of the molecule is CCCCCCCCC(NN)c1cscc1C. The van der Waals surface area contributed by atoms with Gasteiger partial charge in [0.05, 0.1) is 0 Å². The molecule has 1 heterocycles. The van der Waals surface area contributed by atoms with Crippen LogP contribution in [0.1, 0.15) is 69.0 Å². The van der Waals surface area contributed by atoms with Gasteiger partial charge in [-0.05, 0) is 35.2 Å². The van der Waals surface area contributed by atoms with Crippen molar-refractivity contribution in [3.05, 3.63) is 21.9 Å². The van der Waals surface area contributed by atoms with E-state index in [1.807, 2.05) is 0 Å². The largest absolute Gasteiger partial charge is 0.271 e. The van der Waals surface area contributed by atoms with Crippen LogP contribution >= 0.6 is 11.3 Å². The molecule has 0 aliphatic rings. The zero-order valence-electron chi connectivity index (χ0n) is 11.2. The minimum absolute atomic E-state index is 0.340. The molecule has 3 N–H and O–H groups in total. The second-order valence-corrected chi connectivity index (χ2v) is 5.53. The smallest absolute Gasteiger partial charge is 0.0470 e. The molecule has 0 saturated heterocycles. The minimum atomic E-state index is 0.340. The van der Waals surface area contributed by atoms with E-state index in [2.05, 4.69) is 30.0 Å². The van der Waals surface area contributed by atoms with Crippen molar-refractivity contribution in [1.29, 1.82) is 0 Å². The molecule has 1 unspecified atom stereocenters. The van der Waals surface area contributed by atoms with Gasteiger partial charge in [-0.3, -0.25) is 11.3 Å². The number of hydrogen-bond donors (Lipinski definition) is 2. The third kappa shape index (κ3) is 5.19. The van der Waals surface area contributed by atoms with E-state index < -0.39 is 0 Å². The number of nitrogens with one attached hydrogen (secondary N) is 1. The predicted octanol–water partition coefficient (Wildman–Crippen LogP) is 4.31. The molecule has 98 valence electrons. The lowest BCUT2D eigenvalue weighted by molar-refractivity contribution is 0.476. The van der Waals surface area contributed by atoms with E-state index in [0.29, 0.717) is 6.04 Å². The molecule has 0 aromatic carbocycles. The van der Waals surface area contributed by atoms with Gasteiger partial charge in [0.15, 0.2) is 0 Å². The highest BCUT2D eigenvalue weighted by molar-refractivity contribution is 7.08. The summed E-state index contributed by atoms with van der Waals surface area (Å²) in [7, 11) is 0.